The number of benzene rings is 1. The van der Waals surface area contributed by atoms with E-state index in [1.165, 1.54) is 11.8 Å². The van der Waals surface area contributed by atoms with E-state index >= 15 is 0 Å². The number of hydrogen-bond acceptors (Lipinski definition) is 4. The average Bonchev–Trinajstić information content (AvgIpc) is 2.15. The van der Waals surface area contributed by atoms with Crippen molar-refractivity contribution in [3.8, 4) is 11.5 Å². The highest BCUT2D eigenvalue weighted by Crippen LogP contribution is 2.38. The molecule has 0 aromatic heterocycles. The lowest BCUT2D eigenvalue weighted by Crippen LogP contribution is -2.12. The maximum atomic E-state index is 9.72. The molecule has 0 atom stereocenters. The maximum absolute atomic E-state index is 9.72. The summed E-state index contributed by atoms with van der Waals surface area (Å²) in [7, 11) is 3.22. The standard InChI is InChI=1S/C11H16O3S/c1-11(2,12)15-10-7-8(13-3)5-6-9(10)14-4/h5-7,12H,1-4H3. The lowest BCUT2D eigenvalue weighted by Gasteiger charge is -2.18. The Bertz CT molecular complexity index is 331. The van der Waals surface area contributed by atoms with Crippen LogP contribution in [0, 0.1) is 0 Å². The zero-order valence-corrected chi connectivity index (χ0v) is 10.2. The molecule has 0 radical (unpaired) electrons. The molecule has 0 saturated carbocycles. The second kappa shape index (κ2) is 4.77. The van der Waals surface area contributed by atoms with Crippen LogP contribution in [0.25, 0.3) is 0 Å². The van der Waals surface area contributed by atoms with Gasteiger partial charge in [-0.1, -0.05) is 11.8 Å². The van der Waals surface area contributed by atoms with Gasteiger partial charge in [-0.2, -0.15) is 0 Å². The molecule has 4 heteroatoms. The zero-order valence-electron chi connectivity index (χ0n) is 9.40. The summed E-state index contributed by atoms with van der Waals surface area (Å²) in [6, 6.07) is 5.50. The van der Waals surface area contributed by atoms with Crippen LogP contribution >= 0.6 is 11.8 Å². The minimum Gasteiger partial charge on any atom is -0.497 e. The summed E-state index contributed by atoms with van der Waals surface area (Å²) in [5.41, 5.74) is 0. The summed E-state index contributed by atoms with van der Waals surface area (Å²) in [6.45, 7) is 3.47. The second-order valence-corrected chi connectivity index (χ2v) is 5.21. The third kappa shape index (κ3) is 3.64. The van der Waals surface area contributed by atoms with Gasteiger partial charge in [0.05, 0.1) is 19.1 Å². The van der Waals surface area contributed by atoms with E-state index in [1.54, 1.807) is 28.1 Å². The second-order valence-electron chi connectivity index (χ2n) is 3.57. The van der Waals surface area contributed by atoms with Gasteiger partial charge in [-0.05, 0) is 32.0 Å². The van der Waals surface area contributed by atoms with Crippen molar-refractivity contribution in [1.82, 2.24) is 0 Å². The van der Waals surface area contributed by atoms with E-state index in [-0.39, 0.29) is 0 Å². The molecule has 1 rings (SSSR count). The van der Waals surface area contributed by atoms with E-state index in [0.29, 0.717) is 0 Å². The first-order chi connectivity index (χ1) is 6.96. The van der Waals surface area contributed by atoms with Crippen molar-refractivity contribution in [3.05, 3.63) is 18.2 Å². The van der Waals surface area contributed by atoms with E-state index in [2.05, 4.69) is 0 Å². The Morgan fingerprint density at radius 2 is 1.87 bits per heavy atom. The van der Waals surface area contributed by atoms with E-state index in [9.17, 15) is 5.11 Å². The fourth-order valence-electron chi connectivity index (χ4n) is 1.13. The Hall–Kier alpha value is -0.870. The minimum atomic E-state index is -0.834. The molecule has 84 valence electrons. The molecule has 15 heavy (non-hydrogen) atoms. The molecular weight excluding hydrogens is 212 g/mol. The third-order valence-corrected chi connectivity index (χ3v) is 2.77. The summed E-state index contributed by atoms with van der Waals surface area (Å²) in [4.78, 5) is 0.0315. The van der Waals surface area contributed by atoms with Crippen molar-refractivity contribution in [1.29, 1.82) is 0 Å². The SMILES string of the molecule is COc1ccc(OC)c(SC(C)(C)O)c1. The highest BCUT2D eigenvalue weighted by atomic mass is 32.2. The van der Waals surface area contributed by atoms with Gasteiger partial charge in [0.2, 0.25) is 0 Å². The molecule has 0 fully saturated rings. The van der Waals surface area contributed by atoms with Crippen LogP contribution in [0.2, 0.25) is 0 Å². The lowest BCUT2D eigenvalue weighted by atomic mass is 10.3. The summed E-state index contributed by atoms with van der Waals surface area (Å²) >= 11 is 1.33. The summed E-state index contributed by atoms with van der Waals surface area (Å²) < 4.78 is 10.3. The molecule has 0 saturated heterocycles. The van der Waals surface area contributed by atoms with Crippen LogP contribution in [0.5, 0.6) is 11.5 Å². The fraction of sp³-hybridized carbons (Fsp3) is 0.455. The molecule has 1 aromatic rings. The van der Waals surface area contributed by atoms with E-state index in [0.717, 1.165) is 16.4 Å². The molecular formula is C11H16O3S. The van der Waals surface area contributed by atoms with Crippen LogP contribution in [0.3, 0.4) is 0 Å². The number of methoxy groups -OCH3 is 2. The van der Waals surface area contributed by atoms with Gasteiger partial charge in [-0.15, -0.1) is 0 Å². The van der Waals surface area contributed by atoms with Gasteiger partial charge in [0.25, 0.3) is 0 Å². The molecule has 0 aliphatic carbocycles. The first-order valence-electron chi connectivity index (χ1n) is 4.59. The fourth-order valence-corrected chi connectivity index (χ4v) is 2.10. The van der Waals surface area contributed by atoms with Crippen LogP contribution in [0.4, 0.5) is 0 Å². The summed E-state index contributed by atoms with van der Waals surface area (Å²) in [5.74, 6) is 1.49. The Morgan fingerprint density at radius 3 is 2.33 bits per heavy atom. The largest absolute Gasteiger partial charge is 0.497 e. The Labute approximate surface area is 94.4 Å². The van der Waals surface area contributed by atoms with Gasteiger partial charge in [0.1, 0.15) is 16.4 Å². The van der Waals surface area contributed by atoms with Crippen LogP contribution < -0.4 is 9.47 Å². The average molecular weight is 228 g/mol. The molecule has 0 aliphatic rings. The monoisotopic (exact) mass is 228 g/mol. The van der Waals surface area contributed by atoms with Crippen LogP contribution in [-0.2, 0) is 0 Å². The van der Waals surface area contributed by atoms with Crippen molar-refractivity contribution in [2.24, 2.45) is 0 Å². The highest BCUT2D eigenvalue weighted by Gasteiger charge is 2.17. The molecule has 0 aliphatic heterocycles. The molecule has 0 spiro atoms. The number of hydrogen-bond donors (Lipinski definition) is 1. The molecule has 1 aromatic carbocycles. The topological polar surface area (TPSA) is 38.7 Å². The predicted molar refractivity (Wildman–Crippen MR) is 61.7 cm³/mol. The number of aliphatic hydroxyl groups is 1. The number of ether oxygens (including phenoxy) is 2. The van der Waals surface area contributed by atoms with E-state index in [1.807, 2.05) is 18.2 Å². The number of thioether (sulfide) groups is 1. The zero-order chi connectivity index (χ0) is 11.5. The van der Waals surface area contributed by atoms with Crippen molar-refractivity contribution in [2.75, 3.05) is 14.2 Å². The highest BCUT2D eigenvalue weighted by molar-refractivity contribution is 8.00. The van der Waals surface area contributed by atoms with E-state index < -0.39 is 4.93 Å². The first kappa shape index (κ1) is 12.2. The van der Waals surface area contributed by atoms with Gasteiger partial charge >= 0.3 is 0 Å². The Balaban J connectivity index is 3.01. The van der Waals surface area contributed by atoms with Crippen LogP contribution in [0.15, 0.2) is 23.1 Å². The van der Waals surface area contributed by atoms with Crippen molar-refractivity contribution < 1.29 is 14.6 Å². The Morgan fingerprint density at radius 1 is 1.20 bits per heavy atom. The smallest absolute Gasteiger partial charge is 0.132 e. The summed E-state index contributed by atoms with van der Waals surface area (Å²) in [6.07, 6.45) is 0. The van der Waals surface area contributed by atoms with Gasteiger partial charge in [-0.3, -0.25) is 0 Å². The van der Waals surface area contributed by atoms with Crippen molar-refractivity contribution in [3.63, 3.8) is 0 Å². The Kier molecular flexibility index (Phi) is 3.88. The third-order valence-electron chi connectivity index (χ3n) is 1.73. The molecule has 0 amide bonds. The first-order valence-corrected chi connectivity index (χ1v) is 5.41. The molecule has 1 N–H and O–H groups in total. The predicted octanol–water partition coefficient (Wildman–Crippen LogP) is 2.52. The van der Waals surface area contributed by atoms with Crippen molar-refractivity contribution in [2.45, 2.75) is 23.7 Å². The van der Waals surface area contributed by atoms with E-state index in [4.69, 9.17) is 9.47 Å². The van der Waals surface area contributed by atoms with Crippen LogP contribution in [-0.4, -0.2) is 24.3 Å². The molecule has 0 unspecified atom stereocenters. The minimum absolute atomic E-state index is 0.739. The molecule has 0 heterocycles. The molecule has 0 bridgehead atoms. The maximum Gasteiger partial charge on any atom is 0.132 e. The summed E-state index contributed by atoms with van der Waals surface area (Å²) in [5, 5.41) is 9.72. The number of rotatable bonds is 4. The van der Waals surface area contributed by atoms with Crippen LogP contribution in [0.1, 0.15) is 13.8 Å². The van der Waals surface area contributed by atoms with Gasteiger partial charge in [0.15, 0.2) is 0 Å². The quantitative estimate of drug-likeness (QED) is 0.635. The van der Waals surface area contributed by atoms with Gasteiger partial charge in [-0.25, -0.2) is 0 Å². The normalized spacial score (nSPS) is 11.3. The molecule has 3 nitrogen and oxygen atoms in total. The van der Waals surface area contributed by atoms with Gasteiger partial charge in [0, 0.05) is 0 Å². The van der Waals surface area contributed by atoms with Gasteiger partial charge < -0.3 is 14.6 Å². The van der Waals surface area contributed by atoms with Crippen molar-refractivity contribution >= 4 is 11.8 Å². The lowest BCUT2D eigenvalue weighted by molar-refractivity contribution is 0.179.